The van der Waals surface area contributed by atoms with E-state index in [1.54, 1.807) is 0 Å². The highest BCUT2D eigenvalue weighted by molar-refractivity contribution is 7.19. The van der Waals surface area contributed by atoms with Crippen LogP contribution in [0.4, 0.5) is 0 Å². The molecule has 2 heterocycles. The van der Waals surface area contributed by atoms with E-state index in [2.05, 4.69) is 158 Å². The van der Waals surface area contributed by atoms with Crippen molar-refractivity contribution in [3.8, 4) is 22.4 Å². The molecule has 0 bridgehead atoms. The summed E-state index contributed by atoms with van der Waals surface area (Å²) in [6.45, 7) is 0. The number of allylic oxidation sites excluding steroid dienone is 1. The molecule has 8 aromatic rings. The normalized spacial score (nSPS) is 14.4. The zero-order valence-corrected chi connectivity index (χ0v) is 27.0. The Morgan fingerprint density at radius 3 is 1.98 bits per heavy atom. The van der Waals surface area contributed by atoms with Crippen LogP contribution >= 0.6 is 11.3 Å². The maximum atomic E-state index is 5.23. The van der Waals surface area contributed by atoms with Gasteiger partial charge in [-0.2, -0.15) is 0 Å². The average Bonchev–Trinajstić information content (AvgIpc) is 3.67. The summed E-state index contributed by atoms with van der Waals surface area (Å²) in [6, 6.07) is 55.0. The Balaban J connectivity index is 1.19. The molecular formula is C45H30N2S. The maximum absolute atomic E-state index is 5.23. The van der Waals surface area contributed by atoms with Gasteiger partial charge >= 0.3 is 0 Å². The lowest BCUT2D eigenvalue weighted by molar-refractivity contribution is 0.770. The lowest BCUT2D eigenvalue weighted by atomic mass is 9.67. The Kier molecular flexibility index (Phi) is 6.12. The van der Waals surface area contributed by atoms with Crippen molar-refractivity contribution in [2.45, 2.75) is 18.3 Å². The monoisotopic (exact) mass is 630 g/mol. The van der Waals surface area contributed by atoms with Gasteiger partial charge in [0.15, 0.2) is 5.82 Å². The van der Waals surface area contributed by atoms with E-state index in [9.17, 15) is 0 Å². The zero-order valence-electron chi connectivity index (χ0n) is 26.2. The van der Waals surface area contributed by atoms with Gasteiger partial charge < -0.3 is 0 Å². The molecule has 2 aliphatic rings. The lowest BCUT2D eigenvalue weighted by Gasteiger charge is -2.33. The molecule has 0 radical (unpaired) electrons. The molecule has 0 N–H and O–H groups in total. The van der Waals surface area contributed by atoms with Crippen LogP contribution in [0, 0.1) is 0 Å². The van der Waals surface area contributed by atoms with Crippen molar-refractivity contribution in [1.29, 1.82) is 0 Å². The molecule has 3 heteroatoms. The fraction of sp³-hybridized carbons (Fsp3) is 0.0667. The first-order valence-electron chi connectivity index (χ1n) is 16.6. The smallest absolute Gasteiger partial charge is 0.156 e. The Morgan fingerprint density at radius 2 is 1.21 bits per heavy atom. The van der Waals surface area contributed by atoms with Gasteiger partial charge in [0.2, 0.25) is 0 Å². The second-order valence-corrected chi connectivity index (χ2v) is 13.9. The maximum Gasteiger partial charge on any atom is 0.156 e. The van der Waals surface area contributed by atoms with Crippen molar-refractivity contribution in [2.24, 2.45) is 0 Å². The van der Waals surface area contributed by atoms with Crippen molar-refractivity contribution < 1.29 is 0 Å². The Labute approximate surface area is 283 Å². The van der Waals surface area contributed by atoms with Crippen LogP contribution in [0.15, 0.2) is 152 Å². The number of hydrogen-bond donors (Lipinski definition) is 0. The van der Waals surface area contributed by atoms with Crippen LogP contribution in [-0.4, -0.2) is 9.97 Å². The summed E-state index contributed by atoms with van der Waals surface area (Å²) in [7, 11) is 0. The van der Waals surface area contributed by atoms with Crippen LogP contribution in [0.2, 0.25) is 0 Å². The number of hydrogen-bond acceptors (Lipinski definition) is 3. The topological polar surface area (TPSA) is 25.8 Å². The van der Waals surface area contributed by atoms with E-state index in [4.69, 9.17) is 9.97 Å². The number of rotatable bonds is 4. The molecule has 0 atom stereocenters. The fourth-order valence-electron chi connectivity index (χ4n) is 8.15. The molecule has 2 aliphatic carbocycles. The number of aryl methyl sites for hydroxylation is 1. The first-order chi connectivity index (χ1) is 23.8. The molecule has 0 fully saturated rings. The third-order valence-corrected chi connectivity index (χ3v) is 11.5. The molecule has 0 saturated carbocycles. The van der Waals surface area contributed by atoms with Crippen molar-refractivity contribution >= 4 is 44.0 Å². The summed E-state index contributed by atoms with van der Waals surface area (Å²) in [6.07, 6.45) is 4.29. The van der Waals surface area contributed by atoms with Crippen LogP contribution in [-0.2, 0) is 11.8 Å². The standard InChI is InChI=1S/C45H30N2S/c1-4-14-29(15-5-1)43-34-21-11-13-23-40(34)46-44(47-43)30-24-25-41-36(26-30)37-27-35-33-20-10-12-22-38(33)45(31-16-6-2-7-17-31,32-18-8-3-9-19-32)39(35)28-42(37)48-41/h1-23,26-28H,24-25H2. The largest absolute Gasteiger partial charge is 0.228 e. The number of nitrogens with zero attached hydrogens (tertiary/aromatic N) is 2. The van der Waals surface area contributed by atoms with E-state index >= 15 is 0 Å². The predicted octanol–water partition coefficient (Wildman–Crippen LogP) is 11.4. The highest BCUT2D eigenvalue weighted by atomic mass is 32.1. The molecule has 0 spiro atoms. The summed E-state index contributed by atoms with van der Waals surface area (Å²) in [5, 5.41) is 2.40. The third-order valence-electron chi connectivity index (χ3n) is 10.3. The van der Waals surface area contributed by atoms with Gasteiger partial charge in [0.05, 0.1) is 16.6 Å². The zero-order chi connectivity index (χ0) is 31.7. The summed E-state index contributed by atoms with van der Waals surface area (Å²) >= 11 is 1.95. The number of benzene rings is 6. The van der Waals surface area contributed by atoms with E-state index in [-0.39, 0.29) is 5.41 Å². The van der Waals surface area contributed by atoms with E-state index < -0.39 is 0 Å². The summed E-state index contributed by atoms with van der Waals surface area (Å²) in [4.78, 5) is 11.8. The first kappa shape index (κ1) is 27.5. The summed E-state index contributed by atoms with van der Waals surface area (Å²) < 4.78 is 1.34. The van der Waals surface area contributed by atoms with Crippen LogP contribution in [0.5, 0.6) is 0 Å². The molecule has 48 heavy (non-hydrogen) atoms. The first-order valence-corrected chi connectivity index (χ1v) is 17.4. The molecule has 6 aromatic carbocycles. The highest BCUT2D eigenvalue weighted by Gasteiger charge is 2.46. The second kappa shape index (κ2) is 10.7. The number of thiophene rings is 1. The quantitative estimate of drug-likeness (QED) is 0.193. The van der Waals surface area contributed by atoms with Crippen LogP contribution < -0.4 is 0 Å². The molecular weight excluding hydrogens is 601 g/mol. The van der Waals surface area contributed by atoms with Crippen LogP contribution in [0.3, 0.4) is 0 Å². The minimum absolute atomic E-state index is 0.388. The van der Waals surface area contributed by atoms with Gasteiger partial charge in [0.1, 0.15) is 0 Å². The average molecular weight is 631 g/mol. The van der Waals surface area contributed by atoms with Gasteiger partial charge in [-0.25, -0.2) is 9.97 Å². The van der Waals surface area contributed by atoms with Crippen molar-refractivity contribution in [1.82, 2.24) is 9.97 Å². The molecule has 10 rings (SSSR count). The Morgan fingerprint density at radius 1 is 0.542 bits per heavy atom. The van der Waals surface area contributed by atoms with E-state index in [1.165, 1.54) is 59.5 Å². The number of fused-ring (bicyclic) bond motifs is 7. The van der Waals surface area contributed by atoms with E-state index in [0.717, 1.165) is 40.8 Å². The number of para-hydroxylation sites is 1. The fourth-order valence-corrected chi connectivity index (χ4v) is 9.36. The molecule has 0 aliphatic heterocycles. The van der Waals surface area contributed by atoms with Gasteiger partial charge in [-0.3, -0.25) is 0 Å². The van der Waals surface area contributed by atoms with Gasteiger partial charge in [-0.15, -0.1) is 11.3 Å². The SMILES string of the molecule is C1=C(c2nc(-c3ccccc3)c3ccccc3n2)CCc2sc3cc4c(cc3c21)-c1ccccc1C4(c1ccccc1)c1ccccc1. The molecule has 0 amide bonds. The van der Waals surface area contributed by atoms with E-state index in [0.29, 0.717) is 0 Å². The van der Waals surface area contributed by atoms with Gasteiger partial charge in [-0.1, -0.05) is 133 Å². The van der Waals surface area contributed by atoms with Crippen molar-refractivity contribution in [2.75, 3.05) is 0 Å². The molecule has 0 saturated heterocycles. The second-order valence-electron chi connectivity index (χ2n) is 12.8. The molecule has 2 nitrogen and oxygen atoms in total. The Bertz CT molecular complexity index is 2510. The lowest BCUT2D eigenvalue weighted by Crippen LogP contribution is -2.28. The van der Waals surface area contributed by atoms with Crippen molar-refractivity contribution in [3.05, 3.63) is 190 Å². The third kappa shape index (κ3) is 3.98. The summed E-state index contributed by atoms with van der Waals surface area (Å²) in [5.41, 5.74) is 13.2. The highest BCUT2D eigenvalue weighted by Crippen LogP contribution is 2.57. The van der Waals surface area contributed by atoms with E-state index in [1.807, 2.05) is 11.3 Å². The molecule has 226 valence electrons. The molecule has 2 aromatic heterocycles. The van der Waals surface area contributed by atoms with Gasteiger partial charge in [0, 0.05) is 25.9 Å². The Hall–Kier alpha value is -5.64. The van der Waals surface area contributed by atoms with Crippen LogP contribution in [0.1, 0.15) is 44.9 Å². The van der Waals surface area contributed by atoms with Crippen LogP contribution in [0.25, 0.3) is 55.0 Å². The molecule has 0 unspecified atom stereocenters. The van der Waals surface area contributed by atoms with Gasteiger partial charge in [-0.05, 0) is 81.6 Å². The van der Waals surface area contributed by atoms with Gasteiger partial charge in [0.25, 0.3) is 0 Å². The minimum atomic E-state index is -0.388. The summed E-state index contributed by atoms with van der Waals surface area (Å²) in [5.74, 6) is 0.830. The van der Waals surface area contributed by atoms with Crippen molar-refractivity contribution in [3.63, 3.8) is 0 Å². The predicted molar refractivity (Wildman–Crippen MR) is 200 cm³/mol. The number of aromatic nitrogens is 2. The minimum Gasteiger partial charge on any atom is -0.228 e.